The molecule has 2 rings (SSSR count). The summed E-state index contributed by atoms with van der Waals surface area (Å²) in [5, 5.41) is 8.05. The summed E-state index contributed by atoms with van der Waals surface area (Å²) < 4.78 is 0. The summed E-state index contributed by atoms with van der Waals surface area (Å²) in [5.41, 5.74) is 3.65. The number of benzene rings is 1. The van der Waals surface area contributed by atoms with Crippen LogP contribution in [0.2, 0.25) is 0 Å². The SMILES string of the molecule is [CH]NCCCc1ccc(CCc2csc(NC(C)=O)n2)cc1. The van der Waals surface area contributed by atoms with E-state index in [9.17, 15) is 4.79 Å². The largest absolute Gasteiger partial charge is 0.311 e. The maximum atomic E-state index is 11.0. The molecule has 4 nitrogen and oxygen atoms in total. The zero-order valence-electron chi connectivity index (χ0n) is 12.8. The van der Waals surface area contributed by atoms with Gasteiger partial charge in [0.15, 0.2) is 5.13 Å². The molecule has 0 saturated heterocycles. The molecule has 0 bridgehead atoms. The van der Waals surface area contributed by atoms with E-state index >= 15 is 0 Å². The first-order chi connectivity index (χ1) is 10.7. The molecule has 0 aliphatic heterocycles. The third kappa shape index (κ3) is 5.58. The van der Waals surface area contributed by atoms with Gasteiger partial charge in [-0.3, -0.25) is 4.79 Å². The lowest BCUT2D eigenvalue weighted by Gasteiger charge is -2.04. The normalized spacial score (nSPS) is 10.6. The average Bonchev–Trinajstić information content (AvgIpc) is 2.93. The first kappa shape index (κ1) is 16.6. The number of nitrogens with one attached hydrogen (secondary N) is 2. The van der Waals surface area contributed by atoms with E-state index in [4.69, 9.17) is 7.05 Å². The van der Waals surface area contributed by atoms with Gasteiger partial charge in [0.1, 0.15) is 0 Å². The Balaban J connectivity index is 1.81. The number of aromatic nitrogens is 1. The van der Waals surface area contributed by atoms with Gasteiger partial charge in [-0.1, -0.05) is 24.3 Å². The third-order valence-corrected chi connectivity index (χ3v) is 4.12. The Kier molecular flexibility index (Phi) is 6.55. The number of anilines is 1. The minimum Gasteiger partial charge on any atom is -0.311 e. The fourth-order valence-corrected chi connectivity index (χ4v) is 2.96. The molecule has 2 radical (unpaired) electrons. The molecule has 2 N–H and O–H groups in total. The number of nitrogens with zero attached hydrogens (tertiary/aromatic N) is 1. The van der Waals surface area contributed by atoms with Gasteiger partial charge in [-0.05, 0) is 43.4 Å². The van der Waals surface area contributed by atoms with Crippen LogP contribution >= 0.6 is 11.3 Å². The third-order valence-electron chi connectivity index (χ3n) is 3.31. The van der Waals surface area contributed by atoms with Gasteiger partial charge in [0.05, 0.1) is 5.69 Å². The van der Waals surface area contributed by atoms with Crippen molar-refractivity contribution in [2.24, 2.45) is 0 Å². The Morgan fingerprint density at radius 3 is 2.50 bits per heavy atom. The average molecular weight is 315 g/mol. The number of thiazole rings is 1. The highest BCUT2D eigenvalue weighted by Gasteiger charge is 2.04. The van der Waals surface area contributed by atoms with Crippen molar-refractivity contribution in [2.45, 2.75) is 32.6 Å². The molecule has 1 heterocycles. The van der Waals surface area contributed by atoms with Crippen LogP contribution in [0.4, 0.5) is 5.13 Å². The van der Waals surface area contributed by atoms with E-state index in [0.717, 1.165) is 37.9 Å². The van der Waals surface area contributed by atoms with E-state index in [1.54, 1.807) is 0 Å². The van der Waals surface area contributed by atoms with Crippen molar-refractivity contribution >= 4 is 22.4 Å². The van der Waals surface area contributed by atoms with Gasteiger partial charge in [0.2, 0.25) is 5.91 Å². The van der Waals surface area contributed by atoms with Crippen LogP contribution in [-0.2, 0) is 24.1 Å². The molecular formula is C17H21N3OS. The molecule has 116 valence electrons. The number of carbonyl (C=O) groups excluding carboxylic acids is 1. The summed E-state index contributed by atoms with van der Waals surface area (Å²) in [6.45, 7) is 2.33. The van der Waals surface area contributed by atoms with Gasteiger partial charge in [-0.2, -0.15) is 0 Å². The van der Waals surface area contributed by atoms with Crippen molar-refractivity contribution in [2.75, 3.05) is 11.9 Å². The van der Waals surface area contributed by atoms with E-state index in [-0.39, 0.29) is 5.91 Å². The molecule has 0 aliphatic rings. The van der Waals surface area contributed by atoms with Gasteiger partial charge in [-0.25, -0.2) is 4.98 Å². The van der Waals surface area contributed by atoms with E-state index < -0.39 is 0 Å². The Morgan fingerprint density at radius 1 is 1.18 bits per heavy atom. The first-order valence-electron chi connectivity index (χ1n) is 7.40. The molecule has 1 aromatic carbocycles. The monoisotopic (exact) mass is 315 g/mol. The standard InChI is InChI=1S/C17H21N3OS/c1-13(21)19-17-20-16(12-22-17)10-9-15-7-5-14(6-8-15)4-3-11-18-2/h2,5-8,12,18H,3-4,9-11H2,1H3,(H,19,20,21). The van der Waals surface area contributed by atoms with Crippen molar-refractivity contribution in [3.05, 3.63) is 53.5 Å². The lowest BCUT2D eigenvalue weighted by molar-refractivity contribution is -0.114. The Hall–Kier alpha value is -1.72. The summed E-state index contributed by atoms with van der Waals surface area (Å²) in [4.78, 5) is 15.4. The second-order valence-corrected chi connectivity index (χ2v) is 6.06. The number of carbonyl (C=O) groups is 1. The Labute approximate surface area is 136 Å². The molecule has 0 spiro atoms. The fraction of sp³-hybridized carbons (Fsp3) is 0.353. The second-order valence-electron chi connectivity index (χ2n) is 5.20. The summed E-state index contributed by atoms with van der Waals surface area (Å²) in [5.74, 6) is -0.0821. The topological polar surface area (TPSA) is 54.0 Å². The van der Waals surface area contributed by atoms with Crippen molar-refractivity contribution in [3.8, 4) is 0 Å². The number of hydrogen-bond acceptors (Lipinski definition) is 4. The van der Waals surface area contributed by atoms with Gasteiger partial charge >= 0.3 is 0 Å². The van der Waals surface area contributed by atoms with Crippen LogP contribution in [0, 0.1) is 7.05 Å². The van der Waals surface area contributed by atoms with E-state index in [2.05, 4.69) is 39.9 Å². The summed E-state index contributed by atoms with van der Waals surface area (Å²) in [7, 11) is 5.26. The van der Waals surface area contributed by atoms with E-state index in [0.29, 0.717) is 5.13 Å². The summed E-state index contributed by atoms with van der Waals surface area (Å²) in [6.07, 6.45) is 3.91. The Bertz CT molecular complexity index is 592. The highest BCUT2D eigenvalue weighted by Crippen LogP contribution is 2.17. The molecule has 1 amide bonds. The van der Waals surface area contributed by atoms with Crippen LogP contribution < -0.4 is 10.6 Å². The minimum absolute atomic E-state index is 0.0821. The quantitative estimate of drug-likeness (QED) is 0.581. The number of rotatable bonds is 8. The summed E-state index contributed by atoms with van der Waals surface area (Å²) >= 11 is 1.47. The van der Waals surface area contributed by atoms with Gasteiger partial charge in [0, 0.05) is 19.4 Å². The number of amides is 1. The number of aryl methyl sites for hydroxylation is 3. The van der Waals surface area contributed by atoms with Crippen LogP contribution in [0.15, 0.2) is 29.6 Å². The zero-order chi connectivity index (χ0) is 15.8. The van der Waals surface area contributed by atoms with E-state index in [1.807, 2.05) is 5.38 Å². The number of hydrogen-bond donors (Lipinski definition) is 2. The molecule has 0 saturated carbocycles. The van der Waals surface area contributed by atoms with Crippen molar-refractivity contribution in [1.29, 1.82) is 0 Å². The highest BCUT2D eigenvalue weighted by atomic mass is 32.1. The Morgan fingerprint density at radius 2 is 1.86 bits per heavy atom. The minimum atomic E-state index is -0.0821. The van der Waals surface area contributed by atoms with E-state index in [1.165, 1.54) is 29.4 Å². The maximum absolute atomic E-state index is 11.0. The molecule has 2 aromatic rings. The highest BCUT2D eigenvalue weighted by molar-refractivity contribution is 7.13. The van der Waals surface area contributed by atoms with Crippen LogP contribution in [0.5, 0.6) is 0 Å². The lowest BCUT2D eigenvalue weighted by atomic mass is 10.0. The van der Waals surface area contributed by atoms with Crippen LogP contribution in [0.3, 0.4) is 0 Å². The van der Waals surface area contributed by atoms with Gasteiger partial charge < -0.3 is 10.6 Å². The molecule has 1 aromatic heterocycles. The maximum Gasteiger partial charge on any atom is 0.223 e. The molecule has 0 aliphatic carbocycles. The predicted octanol–water partition coefficient (Wildman–Crippen LogP) is 3.08. The lowest BCUT2D eigenvalue weighted by Crippen LogP contribution is -2.05. The predicted molar refractivity (Wildman–Crippen MR) is 90.9 cm³/mol. The van der Waals surface area contributed by atoms with Gasteiger partial charge in [-0.15, -0.1) is 11.3 Å². The molecule has 22 heavy (non-hydrogen) atoms. The molecular weight excluding hydrogens is 294 g/mol. The summed E-state index contributed by atoms with van der Waals surface area (Å²) in [6, 6.07) is 8.70. The molecule has 0 fully saturated rings. The first-order valence-corrected chi connectivity index (χ1v) is 8.28. The zero-order valence-corrected chi connectivity index (χ0v) is 13.6. The van der Waals surface area contributed by atoms with Crippen LogP contribution in [-0.4, -0.2) is 17.4 Å². The molecule has 5 heteroatoms. The molecule has 0 unspecified atom stereocenters. The van der Waals surface area contributed by atoms with Gasteiger partial charge in [0.25, 0.3) is 0 Å². The van der Waals surface area contributed by atoms with Crippen molar-refractivity contribution < 1.29 is 4.79 Å². The fourth-order valence-electron chi connectivity index (χ4n) is 2.17. The van der Waals surface area contributed by atoms with Crippen LogP contribution in [0.25, 0.3) is 0 Å². The van der Waals surface area contributed by atoms with Crippen molar-refractivity contribution in [3.63, 3.8) is 0 Å². The van der Waals surface area contributed by atoms with Crippen LogP contribution in [0.1, 0.15) is 30.2 Å². The van der Waals surface area contributed by atoms with Crippen molar-refractivity contribution in [1.82, 2.24) is 10.3 Å². The smallest absolute Gasteiger partial charge is 0.223 e. The second kappa shape index (κ2) is 8.66. The molecule has 0 atom stereocenters.